The van der Waals surface area contributed by atoms with Gasteiger partial charge in [-0.05, 0) is 64.2 Å². The molecule has 0 saturated heterocycles. The number of hydrogen-bond acceptors (Lipinski definition) is 3. The molecule has 0 amide bonds. The average molecular weight is 376 g/mol. The Bertz CT molecular complexity index is 505. The van der Waals surface area contributed by atoms with Crippen molar-refractivity contribution in [1.82, 2.24) is 0 Å². The molecular weight excluding hydrogens is 354 g/mol. The predicted molar refractivity (Wildman–Crippen MR) is 75.3 cm³/mol. The van der Waals surface area contributed by atoms with Gasteiger partial charge >= 0.3 is 18.3 Å². The van der Waals surface area contributed by atoms with Gasteiger partial charge in [-0.15, -0.1) is 0 Å². The molecule has 2 bridgehead atoms. The van der Waals surface area contributed by atoms with Crippen LogP contribution in [0.1, 0.15) is 46.5 Å². The third-order valence-electron chi connectivity index (χ3n) is 5.30. The number of hydrogen-bond donors (Lipinski definition) is 1. The lowest BCUT2D eigenvalue weighted by Gasteiger charge is -2.37. The molecule has 4 unspecified atom stereocenters. The molecule has 0 spiro atoms. The molecule has 2 rings (SSSR count). The third-order valence-corrected chi connectivity index (χ3v) is 5.30. The minimum atomic E-state index is -5.79. The first-order valence-electron chi connectivity index (χ1n) is 8.13. The van der Waals surface area contributed by atoms with E-state index in [0.29, 0.717) is 6.42 Å². The Hall–Kier alpha value is -0.990. The highest BCUT2D eigenvalue weighted by Gasteiger charge is 2.71. The number of aliphatic hydroxyl groups is 1. The molecular formula is C16H22F6O3. The first-order chi connectivity index (χ1) is 11.1. The van der Waals surface area contributed by atoms with Gasteiger partial charge in [-0.1, -0.05) is 0 Å². The van der Waals surface area contributed by atoms with E-state index in [1.54, 1.807) is 20.8 Å². The van der Waals surface area contributed by atoms with Gasteiger partial charge in [-0.3, -0.25) is 4.79 Å². The van der Waals surface area contributed by atoms with Crippen LogP contribution in [0.4, 0.5) is 26.3 Å². The molecule has 0 radical (unpaired) electrons. The number of ether oxygens (including phenoxy) is 1. The Morgan fingerprint density at radius 1 is 0.960 bits per heavy atom. The van der Waals surface area contributed by atoms with Crippen molar-refractivity contribution in [3.05, 3.63) is 0 Å². The number of rotatable bonds is 3. The number of alkyl halides is 6. The van der Waals surface area contributed by atoms with Crippen LogP contribution in [0.2, 0.25) is 0 Å². The summed E-state index contributed by atoms with van der Waals surface area (Å²) in [6.45, 7) is 4.99. The molecule has 1 N–H and O–H groups in total. The van der Waals surface area contributed by atoms with Crippen molar-refractivity contribution in [2.45, 2.75) is 70.5 Å². The number of carbonyl (C=O) groups excluding carboxylic acids is 1. The van der Waals surface area contributed by atoms with Crippen LogP contribution in [0.3, 0.4) is 0 Å². The fourth-order valence-electron chi connectivity index (χ4n) is 3.82. The summed E-state index contributed by atoms with van der Waals surface area (Å²) in [4.78, 5) is 11.9. The Labute approximate surface area is 141 Å². The molecule has 9 heteroatoms. The molecule has 2 aliphatic carbocycles. The van der Waals surface area contributed by atoms with Gasteiger partial charge < -0.3 is 9.84 Å². The number of carbonyl (C=O) groups is 1. The van der Waals surface area contributed by atoms with Gasteiger partial charge in [-0.2, -0.15) is 26.3 Å². The topological polar surface area (TPSA) is 46.5 Å². The van der Waals surface area contributed by atoms with Gasteiger partial charge in [0.1, 0.15) is 6.10 Å². The summed E-state index contributed by atoms with van der Waals surface area (Å²) in [6.07, 6.45) is -12.7. The second kappa shape index (κ2) is 6.03. The van der Waals surface area contributed by atoms with E-state index in [2.05, 4.69) is 0 Å². The Morgan fingerprint density at radius 2 is 1.48 bits per heavy atom. The third kappa shape index (κ3) is 3.75. The Morgan fingerprint density at radius 3 is 1.84 bits per heavy atom. The van der Waals surface area contributed by atoms with Gasteiger partial charge in [0.25, 0.3) is 5.60 Å². The van der Waals surface area contributed by atoms with Crippen molar-refractivity contribution in [2.24, 2.45) is 23.2 Å². The molecule has 0 aromatic rings. The maximum atomic E-state index is 12.8. The quantitative estimate of drug-likeness (QED) is 0.592. The van der Waals surface area contributed by atoms with Gasteiger partial charge in [-0.25, -0.2) is 0 Å². The van der Waals surface area contributed by atoms with Gasteiger partial charge in [0.2, 0.25) is 0 Å². The summed E-state index contributed by atoms with van der Waals surface area (Å²) in [6, 6.07) is 0. The molecule has 146 valence electrons. The van der Waals surface area contributed by atoms with Gasteiger partial charge in [0.15, 0.2) is 0 Å². The van der Waals surface area contributed by atoms with Crippen LogP contribution in [0, 0.1) is 23.2 Å². The zero-order valence-corrected chi connectivity index (χ0v) is 14.2. The zero-order chi connectivity index (χ0) is 19.4. The van der Waals surface area contributed by atoms with E-state index in [9.17, 15) is 36.2 Å². The Balaban J connectivity index is 2.04. The monoisotopic (exact) mass is 376 g/mol. The van der Waals surface area contributed by atoms with Crippen molar-refractivity contribution in [3.63, 3.8) is 0 Å². The fourth-order valence-corrected chi connectivity index (χ4v) is 3.82. The van der Waals surface area contributed by atoms with Crippen LogP contribution < -0.4 is 0 Å². The largest absolute Gasteiger partial charge is 0.462 e. The van der Waals surface area contributed by atoms with E-state index >= 15 is 0 Å². The van der Waals surface area contributed by atoms with Crippen LogP contribution in [0.5, 0.6) is 0 Å². The standard InChI is InChI=1S/C16H22F6O3/c1-13(2,3)12(23)25-11-6-8-4-9(11)5-10(8)7-14(24,15(17,18)19)16(20,21)22/h8-11,24H,4-7H2,1-3H3. The molecule has 2 saturated carbocycles. The minimum Gasteiger partial charge on any atom is -0.462 e. The lowest BCUT2D eigenvalue weighted by molar-refractivity contribution is -0.373. The SMILES string of the molecule is CC(C)(C)C(=O)OC1CC2CC1CC2CC(O)(C(F)(F)F)C(F)(F)F. The molecule has 3 nitrogen and oxygen atoms in total. The molecule has 25 heavy (non-hydrogen) atoms. The van der Waals surface area contributed by atoms with E-state index in [-0.39, 0.29) is 18.8 Å². The van der Waals surface area contributed by atoms with Gasteiger partial charge in [0, 0.05) is 0 Å². The van der Waals surface area contributed by atoms with Crippen LogP contribution in [-0.4, -0.2) is 35.1 Å². The predicted octanol–water partition coefficient (Wildman–Crippen LogP) is 4.24. The van der Waals surface area contributed by atoms with Crippen LogP contribution in [0.15, 0.2) is 0 Å². The van der Waals surface area contributed by atoms with Gasteiger partial charge in [0.05, 0.1) is 5.41 Å². The number of fused-ring (bicyclic) bond motifs is 2. The van der Waals surface area contributed by atoms with Crippen LogP contribution in [0.25, 0.3) is 0 Å². The van der Waals surface area contributed by atoms with E-state index in [1.807, 2.05) is 0 Å². The Kier molecular flexibility index (Phi) is 4.90. The highest BCUT2D eigenvalue weighted by Crippen LogP contribution is 2.56. The molecule has 2 aliphatic rings. The van der Waals surface area contributed by atoms with Crippen molar-refractivity contribution < 1.29 is 41.0 Å². The molecule has 4 atom stereocenters. The lowest BCUT2D eigenvalue weighted by atomic mass is 9.78. The molecule has 0 aromatic heterocycles. The number of esters is 1. The lowest BCUT2D eigenvalue weighted by Crippen LogP contribution is -2.58. The molecule has 0 aromatic carbocycles. The summed E-state index contributed by atoms with van der Waals surface area (Å²) in [7, 11) is 0. The first kappa shape index (κ1) is 20.3. The van der Waals surface area contributed by atoms with E-state index in [4.69, 9.17) is 4.74 Å². The second-order valence-electron chi connectivity index (χ2n) is 8.24. The van der Waals surface area contributed by atoms with Crippen LogP contribution in [-0.2, 0) is 9.53 Å². The second-order valence-corrected chi connectivity index (χ2v) is 8.24. The van der Waals surface area contributed by atoms with E-state index < -0.39 is 53.7 Å². The minimum absolute atomic E-state index is 0.0845. The maximum absolute atomic E-state index is 12.8. The highest BCUT2D eigenvalue weighted by molar-refractivity contribution is 5.75. The molecule has 2 fully saturated rings. The molecule has 0 aliphatic heterocycles. The summed E-state index contributed by atoms with van der Waals surface area (Å²) in [5.74, 6) is -2.02. The maximum Gasteiger partial charge on any atom is 0.426 e. The highest BCUT2D eigenvalue weighted by atomic mass is 19.4. The molecule has 0 heterocycles. The van der Waals surface area contributed by atoms with E-state index in [1.165, 1.54) is 0 Å². The van der Waals surface area contributed by atoms with Crippen molar-refractivity contribution in [2.75, 3.05) is 0 Å². The first-order valence-corrected chi connectivity index (χ1v) is 8.13. The normalized spacial score (nSPS) is 30.6. The van der Waals surface area contributed by atoms with Crippen molar-refractivity contribution in [3.8, 4) is 0 Å². The summed E-state index contributed by atoms with van der Waals surface area (Å²) < 4.78 is 82.4. The van der Waals surface area contributed by atoms with Crippen LogP contribution >= 0.6 is 0 Å². The zero-order valence-electron chi connectivity index (χ0n) is 14.2. The number of halogens is 6. The summed E-state index contributed by atoms with van der Waals surface area (Å²) >= 11 is 0. The average Bonchev–Trinajstić information content (AvgIpc) is 2.94. The summed E-state index contributed by atoms with van der Waals surface area (Å²) in [5, 5.41) is 9.36. The summed E-state index contributed by atoms with van der Waals surface area (Å²) in [5.41, 5.74) is -5.43. The fraction of sp³-hybridized carbons (Fsp3) is 0.938. The van der Waals surface area contributed by atoms with Crippen molar-refractivity contribution >= 4 is 5.97 Å². The van der Waals surface area contributed by atoms with E-state index in [0.717, 1.165) is 0 Å². The van der Waals surface area contributed by atoms with Crippen molar-refractivity contribution in [1.29, 1.82) is 0 Å². The smallest absolute Gasteiger partial charge is 0.426 e.